The van der Waals surface area contributed by atoms with E-state index < -0.39 is 15.9 Å². The van der Waals surface area contributed by atoms with Gasteiger partial charge in [0.05, 0.1) is 25.7 Å². The number of ether oxygens (including phenoxy) is 2. The Balaban J connectivity index is 1.72. The summed E-state index contributed by atoms with van der Waals surface area (Å²) in [5.74, 6) is 0.772. The molecule has 10 heteroatoms. The van der Waals surface area contributed by atoms with Gasteiger partial charge < -0.3 is 14.8 Å². The standard InChI is InChI=1S/C25H26Cl2N2O5S/c1-33-23-12-7-18(15-24(23)34-2)13-14-28-25(30)17-29(16-19-5-3-4-6-22(19)27)35(31,32)21-10-8-20(26)9-11-21/h3-12,15H,13-14,16-17H2,1-2H3,(H,28,30). The summed E-state index contributed by atoms with van der Waals surface area (Å²) in [4.78, 5) is 12.8. The minimum absolute atomic E-state index is 0.0343. The number of nitrogens with zero attached hydrogens (tertiary/aromatic N) is 1. The second-order valence-electron chi connectivity index (χ2n) is 7.61. The highest BCUT2D eigenvalue weighted by atomic mass is 35.5. The summed E-state index contributed by atoms with van der Waals surface area (Å²) < 4.78 is 38.4. The first-order chi connectivity index (χ1) is 16.7. The number of amides is 1. The van der Waals surface area contributed by atoms with Crippen LogP contribution in [0.1, 0.15) is 11.1 Å². The SMILES string of the molecule is COc1ccc(CCNC(=O)CN(Cc2ccccc2Cl)S(=O)(=O)c2ccc(Cl)cc2)cc1OC. The van der Waals surface area contributed by atoms with Crippen molar-refractivity contribution in [2.75, 3.05) is 27.3 Å². The maximum Gasteiger partial charge on any atom is 0.243 e. The molecule has 0 unspecified atom stereocenters. The molecule has 0 aliphatic carbocycles. The van der Waals surface area contributed by atoms with E-state index in [0.29, 0.717) is 40.1 Å². The molecule has 1 N–H and O–H groups in total. The summed E-state index contributed by atoms with van der Waals surface area (Å²) in [7, 11) is -0.884. The molecule has 0 aromatic heterocycles. The molecule has 0 saturated heterocycles. The third-order valence-corrected chi connectivity index (χ3v) is 7.69. The Morgan fingerprint density at radius 2 is 1.63 bits per heavy atom. The van der Waals surface area contributed by atoms with Gasteiger partial charge in [-0.2, -0.15) is 4.31 Å². The first-order valence-corrected chi connectivity index (χ1v) is 12.9. The van der Waals surface area contributed by atoms with Crippen molar-refractivity contribution >= 4 is 39.1 Å². The van der Waals surface area contributed by atoms with E-state index in [-0.39, 0.29) is 18.0 Å². The zero-order valence-corrected chi connectivity index (χ0v) is 21.7. The van der Waals surface area contributed by atoms with Crippen molar-refractivity contribution in [2.24, 2.45) is 0 Å². The number of halogens is 2. The normalized spacial score (nSPS) is 11.3. The maximum absolute atomic E-state index is 13.4. The molecule has 0 radical (unpaired) electrons. The third kappa shape index (κ3) is 7.11. The molecule has 0 aliphatic rings. The van der Waals surface area contributed by atoms with Crippen molar-refractivity contribution in [1.29, 1.82) is 0 Å². The quantitative estimate of drug-likeness (QED) is 0.388. The van der Waals surface area contributed by atoms with Crippen molar-refractivity contribution in [2.45, 2.75) is 17.9 Å². The fourth-order valence-electron chi connectivity index (χ4n) is 3.40. The van der Waals surface area contributed by atoms with Gasteiger partial charge >= 0.3 is 0 Å². The minimum atomic E-state index is -4.00. The minimum Gasteiger partial charge on any atom is -0.493 e. The van der Waals surface area contributed by atoms with Crippen molar-refractivity contribution in [3.63, 3.8) is 0 Å². The number of carbonyl (C=O) groups is 1. The summed E-state index contributed by atoms with van der Waals surface area (Å²) >= 11 is 12.2. The van der Waals surface area contributed by atoms with Crippen LogP contribution in [0.25, 0.3) is 0 Å². The lowest BCUT2D eigenvalue weighted by Gasteiger charge is -2.22. The summed E-state index contributed by atoms with van der Waals surface area (Å²) in [6.45, 7) is -0.120. The summed E-state index contributed by atoms with van der Waals surface area (Å²) in [6.07, 6.45) is 0.528. The maximum atomic E-state index is 13.4. The lowest BCUT2D eigenvalue weighted by molar-refractivity contribution is -0.121. The van der Waals surface area contributed by atoms with E-state index in [1.54, 1.807) is 44.6 Å². The number of nitrogens with one attached hydrogen (secondary N) is 1. The topological polar surface area (TPSA) is 84.9 Å². The molecule has 35 heavy (non-hydrogen) atoms. The highest BCUT2D eigenvalue weighted by Gasteiger charge is 2.27. The molecule has 3 rings (SSSR count). The monoisotopic (exact) mass is 536 g/mol. The van der Waals surface area contributed by atoms with Gasteiger partial charge in [-0.3, -0.25) is 4.79 Å². The predicted molar refractivity (Wildman–Crippen MR) is 137 cm³/mol. The molecule has 0 atom stereocenters. The zero-order chi connectivity index (χ0) is 25.4. The molecule has 0 heterocycles. The second-order valence-corrected chi connectivity index (χ2v) is 10.4. The highest BCUT2D eigenvalue weighted by Crippen LogP contribution is 2.27. The van der Waals surface area contributed by atoms with Gasteiger partial charge in [-0.25, -0.2) is 8.42 Å². The van der Waals surface area contributed by atoms with Crippen LogP contribution in [0.3, 0.4) is 0 Å². The van der Waals surface area contributed by atoms with E-state index in [1.807, 2.05) is 12.1 Å². The molecule has 0 aliphatic heterocycles. The van der Waals surface area contributed by atoms with Gasteiger partial charge in [-0.15, -0.1) is 0 Å². The van der Waals surface area contributed by atoms with E-state index in [1.165, 1.54) is 24.3 Å². The smallest absolute Gasteiger partial charge is 0.243 e. The van der Waals surface area contributed by atoms with E-state index in [2.05, 4.69) is 5.32 Å². The van der Waals surface area contributed by atoms with Crippen LogP contribution in [0.15, 0.2) is 71.6 Å². The Labute approximate surface area is 215 Å². The molecule has 7 nitrogen and oxygen atoms in total. The molecule has 0 spiro atoms. The van der Waals surface area contributed by atoms with Gasteiger partial charge in [-0.1, -0.05) is 47.5 Å². The van der Waals surface area contributed by atoms with E-state index in [4.69, 9.17) is 32.7 Å². The molecule has 1 amide bonds. The van der Waals surface area contributed by atoms with Gasteiger partial charge in [0.2, 0.25) is 15.9 Å². The first-order valence-electron chi connectivity index (χ1n) is 10.7. The average Bonchev–Trinajstić information content (AvgIpc) is 2.85. The molecule has 3 aromatic carbocycles. The molecule has 0 saturated carbocycles. The van der Waals surface area contributed by atoms with Gasteiger partial charge in [0.15, 0.2) is 11.5 Å². The molecular weight excluding hydrogens is 511 g/mol. The van der Waals surface area contributed by atoms with Crippen LogP contribution >= 0.6 is 23.2 Å². The summed E-state index contributed by atoms with van der Waals surface area (Å²) in [5, 5.41) is 3.62. The Morgan fingerprint density at radius 3 is 2.29 bits per heavy atom. The van der Waals surface area contributed by atoms with Gasteiger partial charge in [0, 0.05) is 23.1 Å². The lowest BCUT2D eigenvalue weighted by atomic mass is 10.1. The van der Waals surface area contributed by atoms with Crippen LogP contribution in [-0.2, 0) is 27.8 Å². The predicted octanol–water partition coefficient (Wildman–Crippen LogP) is 4.56. The molecule has 186 valence electrons. The molecule has 3 aromatic rings. The van der Waals surface area contributed by atoms with Crippen LogP contribution in [0.5, 0.6) is 11.5 Å². The fourth-order valence-corrected chi connectivity index (χ4v) is 5.09. The zero-order valence-electron chi connectivity index (χ0n) is 19.3. The van der Waals surface area contributed by atoms with Crippen molar-refractivity contribution in [3.8, 4) is 11.5 Å². The largest absolute Gasteiger partial charge is 0.493 e. The van der Waals surface area contributed by atoms with Crippen LogP contribution in [0, 0.1) is 0 Å². The molecular formula is C25H26Cl2N2O5S. The van der Waals surface area contributed by atoms with Crippen molar-refractivity contribution in [3.05, 3.63) is 87.9 Å². The Morgan fingerprint density at radius 1 is 0.943 bits per heavy atom. The van der Waals surface area contributed by atoms with Crippen molar-refractivity contribution < 1.29 is 22.7 Å². The van der Waals surface area contributed by atoms with Crippen LogP contribution in [0.4, 0.5) is 0 Å². The molecule has 0 fully saturated rings. The lowest BCUT2D eigenvalue weighted by Crippen LogP contribution is -2.40. The number of methoxy groups -OCH3 is 2. The number of sulfonamides is 1. The van der Waals surface area contributed by atoms with Gasteiger partial charge in [-0.05, 0) is 60.0 Å². The Hall–Kier alpha value is -2.78. The van der Waals surface area contributed by atoms with Crippen LogP contribution < -0.4 is 14.8 Å². The number of hydrogen-bond donors (Lipinski definition) is 1. The van der Waals surface area contributed by atoms with Gasteiger partial charge in [0.1, 0.15) is 0 Å². The Bertz CT molecular complexity index is 1270. The summed E-state index contributed by atoms with van der Waals surface area (Å²) in [5.41, 5.74) is 1.52. The first kappa shape index (κ1) is 26.8. The molecule has 0 bridgehead atoms. The van der Waals surface area contributed by atoms with Crippen LogP contribution in [0.2, 0.25) is 10.0 Å². The van der Waals surface area contributed by atoms with Crippen molar-refractivity contribution in [1.82, 2.24) is 9.62 Å². The fraction of sp³-hybridized carbons (Fsp3) is 0.240. The highest BCUT2D eigenvalue weighted by molar-refractivity contribution is 7.89. The average molecular weight is 537 g/mol. The number of carbonyl (C=O) groups excluding carboxylic acids is 1. The van der Waals surface area contributed by atoms with Crippen LogP contribution in [-0.4, -0.2) is 45.9 Å². The van der Waals surface area contributed by atoms with E-state index >= 15 is 0 Å². The number of benzene rings is 3. The second kappa shape index (κ2) is 12.3. The van der Waals surface area contributed by atoms with E-state index in [9.17, 15) is 13.2 Å². The number of hydrogen-bond acceptors (Lipinski definition) is 5. The Kier molecular flexibility index (Phi) is 9.40. The summed E-state index contributed by atoms with van der Waals surface area (Å²) in [6, 6.07) is 18.2. The number of rotatable bonds is 11. The third-order valence-electron chi connectivity index (χ3n) is 5.26. The van der Waals surface area contributed by atoms with Gasteiger partial charge in [0.25, 0.3) is 0 Å². The van der Waals surface area contributed by atoms with E-state index in [0.717, 1.165) is 9.87 Å².